The fourth-order valence-corrected chi connectivity index (χ4v) is 3.33. The molecule has 2 aromatic rings. The first kappa shape index (κ1) is 19.9. The van der Waals surface area contributed by atoms with Crippen LogP contribution in [-0.2, 0) is 19.4 Å². The van der Waals surface area contributed by atoms with Crippen molar-refractivity contribution in [2.75, 3.05) is 11.1 Å². The van der Waals surface area contributed by atoms with Gasteiger partial charge in [-0.1, -0.05) is 30.7 Å². The normalized spacial score (nSPS) is 12.3. The van der Waals surface area contributed by atoms with Gasteiger partial charge >= 0.3 is 5.97 Å². The third-order valence-corrected chi connectivity index (χ3v) is 5.63. The number of hydrogen-bond donors (Lipinski definition) is 1. The van der Waals surface area contributed by atoms with Crippen LogP contribution in [0.2, 0.25) is 5.02 Å². The van der Waals surface area contributed by atoms with Gasteiger partial charge in [0.2, 0.25) is 0 Å². The maximum absolute atomic E-state index is 12.4. The van der Waals surface area contributed by atoms with Crippen LogP contribution in [0.3, 0.4) is 0 Å². The van der Waals surface area contributed by atoms with Gasteiger partial charge in [0.25, 0.3) is 5.91 Å². The Labute approximate surface area is 157 Å². The van der Waals surface area contributed by atoms with E-state index < -0.39 is 27.8 Å². The van der Waals surface area contributed by atoms with Crippen LogP contribution in [0, 0.1) is 0 Å². The number of nitrogens with one attached hydrogen (secondary N) is 1. The fourth-order valence-electron chi connectivity index (χ4n) is 2.12. The summed E-state index contributed by atoms with van der Waals surface area (Å²) >= 11 is 5.78. The maximum Gasteiger partial charge on any atom is 0.340 e. The van der Waals surface area contributed by atoms with Crippen molar-refractivity contribution in [3.8, 4) is 0 Å². The van der Waals surface area contributed by atoms with Gasteiger partial charge in [0.1, 0.15) is 0 Å². The Morgan fingerprint density at radius 1 is 1.12 bits per heavy atom. The number of sulfone groups is 1. The second-order valence-electron chi connectivity index (χ2n) is 5.44. The number of amides is 1. The summed E-state index contributed by atoms with van der Waals surface area (Å²) in [5, 5.41) is 3.11. The largest absolute Gasteiger partial charge is 0.449 e. The Morgan fingerprint density at radius 3 is 2.35 bits per heavy atom. The highest BCUT2D eigenvalue weighted by molar-refractivity contribution is 7.91. The van der Waals surface area contributed by atoms with Crippen LogP contribution < -0.4 is 5.32 Å². The summed E-state index contributed by atoms with van der Waals surface area (Å²) in [5.74, 6) is -1.57. The van der Waals surface area contributed by atoms with Gasteiger partial charge < -0.3 is 10.1 Å². The van der Waals surface area contributed by atoms with Gasteiger partial charge in [-0.2, -0.15) is 0 Å². The molecule has 1 atom stereocenters. The minimum Gasteiger partial charge on any atom is -0.449 e. The van der Waals surface area contributed by atoms with Crippen molar-refractivity contribution >= 4 is 39.0 Å². The van der Waals surface area contributed by atoms with Crippen LogP contribution in [-0.4, -0.2) is 32.2 Å². The highest BCUT2D eigenvalue weighted by atomic mass is 35.5. The van der Waals surface area contributed by atoms with Crippen molar-refractivity contribution in [3.05, 3.63) is 59.1 Å². The van der Waals surface area contributed by atoms with E-state index in [1.165, 1.54) is 38.1 Å². The quantitative estimate of drug-likeness (QED) is 0.758. The average molecular weight is 396 g/mol. The Bertz CT molecular complexity index is 909. The molecule has 0 aliphatic carbocycles. The van der Waals surface area contributed by atoms with Crippen molar-refractivity contribution in [2.45, 2.75) is 24.8 Å². The van der Waals surface area contributed by atoms with E-state index in [4.69, 9.17) is 16.3 Å². The molecule has 0 fully saturated rings. The first-order chi connectivity index (χ1) is 12.2. The molecule has 0 saturated heterocycles. The van der Waals surface area contributed by atoms with Crippen molar-refractivity contribution in [1.29, 1.82) is 0 Å². The summed E-state index contributed by atoms with van der Waals surface area (Å²) in [7, 11) is -3.60. The minimum absolute atomic E-state index is 0.0968. The highest BCUT2D eigenvalue weighted by Gasteiger charge is 2.25. The number of carbonyl (C=O) groups excluding carboxylic acids is 2. The molecule has 2 aromatic carbocycles. The molecule has 0 aliphatic rings. The van der Waals surface area contributed by atoms with Gasteiger partial charge in [-0.15, -0.1) is 0 Å². The minimum atomic E-state index is -3.60. The molecule has 0 saturated carbocycles. The highest BCUT2D eigenvalue weighted by Crippen LogP contribution is 2.19. The number of hydrogen-bond acceptors (Lipinski definition) is 5. The Hall–Kier alpha value is -2.38. The molecule has 0 aliphatic heterocycles. The molecule has 2 rings (SSSR count). The second kappa shape index (κ2) is 8.33. The van der Waals surface area contributed by atoms with E-state index in [0.717, 1.165) is 0 Å². The van der Waals surface area contributed by atoms with E-state index >= 15 is 0 Å². The summed E-state index contributed by atoms with van der Waals surface area (Å²) in [6.07, 6.45) is -1.12. The van der Waals surface area contributed by atoms with Crippen LogP contribution >= 0.6 is 11.6 Å². The molecule has 1 N–H and O–H groups in total. The summed E-state index contributed by atoms with van der Waals surface area (Å²) in [5.41, 5.74) is 0.400. The lowest BCUT2D eigenvalue weighted by Crippen LogP contribution is -2.30. The SMILES string of the molecule is CCS(=O)(=O)c1ccccc1C(=O)O[C@@H](C)C(=O)Nc1ccc(Cl)cc1. The molecule has 0 unspecified atom stereocenters. The molecular weight excluding hydrogens is 378 g/mol. The van der Waals surface area contributed by atoms with Gasteiger partial charge in [0, 0.05) is 10.7 Å². The van der Waals surface area contributed by atoms with Crippen LogP contribution in [0.15, 0.2) is 53.4 Å². The van der Waals surface area contributed by atoms with Gasteiger partial charge in [-0.25, -0.2) is 13.2 Å². The first-order valence-corrected chi connectivity index (χ1v) is 9.87. The smallest absolute Gasteiger partial charge is 0.340 e. The van der Waals surface area contributed by atoms with Crippen molar-refractivity contribution < 1.29 is 22.7 Å². The molecular formula is C18H18ClNO5S. The maximum atomic E-state index is 12.4. The molecule has 138 valence electrons. The molecule has 6 nitrogen and oxygen atoms in total. The topological polar surface area (TPSA) is 89.5 Å². The van der Waals surface area contributed by atoms with Crippen LogP contribution in [0.1, 0.15) is 24.2 Å². The van der Waals surface area contributed by atoms with E-state index in [2.05, 4.69) is 5.32 Å². The summed E-state index contributed by atoms with van der Waals surface area (Å²) in [6.45, 7) is 2.89. The number of carbonyl (C=O) groups is 2. The predicted molar refractivity (Wildman–Crippen MR) is 99.1 cm³/mol. The molecule has 0 heterocycles. The monoisotopic (exact) mass is 395 g/mol. The summed E-state index contributed by atoms with van der Waals surface area (Å²) in [6, 6.07) is 12.2. The van der Waals surface area contributed by atoms with Crippen molar-refractivity contribution in [2.24, 2.45) is 0 Å². The summed E-state index contributed by atoms with van der Waals surface area (Å²) in [4.78, 5) is 24.4. The molecule has 26 heavy (non-hydrogen) atoms. The molecule has 8 heteroatoms. The molecule has 0 radical (unpaired) electrons. The van der Waals surface area contributed by atoms with Crippen LogP contribution in [0.5, 0.6) is 0 Å². The third kappa shape index (κ3) is 4.83. The number of ether oxygens (including phenoxy) is 1. The van der Waals surface area contributed by atoms with Gasteiger partial charge in [0.05, 0.1) is 16.2 Å². The predicted octanol–water partition coefficient (Wildman–Crippen LogP) is 3.32. The van der Waals surface area contributed by atoms with Gasteiger partial charge in [0.15, 0.2) is 15.9 Å². The average Bonchev–Trinajstić information content (AvgIpc) is 2.63. The summed E-state index contributed by atoms with van der Waals surface area (Å²) < 4.78 is 29.4. The fraction of sp³-hybridized carbons (Fsp3) is 0.222. The van der Waals surface area contributed by atoms with E-state index in [0.29, 0.717) is 10.7 Å². The lowest BCUT2D eigenvalue weighted by molar-refractivity contribution is -0.123. The first-order valence-electron chi connectivity index (χ1n) is 7.84. The number of anilines is 1. The second-order valence-corrected chi connectivity index (χ2v) is 8.13. The van der Waals surface area contributed by atoms with Crippen LogP contribution in [0.25, 0.3) is 0 Å². The van der Waals surface area contributed by atoms with Gasteiger partial charge in [-0.05, 0) is 43.3 Å². The van der Waals surface area contributed by atoms with E-state index in [9.17, 15) is 18.0 Å². The Kier molecular flexibility index (Phi) is 6.39. The van der Waals surface area contributed by atoms with Gasteiger partial charge in [-0.3, -0.25) is 4.79 Å². The number of rotatable bonds is 6. The molecule has 0 spiro atoms. The molecule has 0 bridgehead atoms. The van der Waals surface area contributed by atoms with E-state index in [1.54, 1.807) is 24.3 Å². The third-order valence-electron chi connectivity index (χ3n) is 3.59. The number of benzene rings is 2. The molecule has 1 amide bonds. The van der Waals surface area contributed by atoms with E-state index in [1.807, 2.05) is 0 Å². The zero-order valence-corrected chi connectivity index (χ0v) is 15.8. The lowest BCUT2D eigenvalue weighted by Gasteiger charge is -2.15. The molecule has 0 aromatic heterocycles. The zero-order valence-electron chi connectivity index (χ0n) is 14.2. The zero-order chi connectivity index (χ0) is 19.3. The van der Waals surface area contributed by atoms with Crippen molar-refractivity contribution in [1.82, 2.24) is 0 Å². The number of esters is 1. The Morgan fingerprint density at radius 2 is 1.73 bits per heavy atom. The lowest BCUT2D eigenvalue weighted by atomic mass is 10.2. The van der Waals surface area contributed by atoms with Crippen molar-refractivity contribution in [3.63, 3.8) is 0 Å². The van der Waals surface area contributed by atoms with Crippen LogP contribution in [0.4, 0.5) is 5.69 Å². The Balaban J connectivity index is 2.12. The van der Waals surface area contributed by atoms with E-state index in [-0.39, 0.29) is 16.2 Å². The number of halogens is 1. The standard InChI is InChI=1S/C18H18ClNO5S/c1-3-26(23,24)16-7-5-4-6-15(16)18(22)25-12(2)17(21)20-14-10-8-13(19)9-11-14/h4-12H,3H2,1-2H3,(H,20,21)/t12-/m0/s1.